The van der Waals surface area contributed by atoms with Crippen LogP contribution < -0.4 is 10.1 Å². The fourth-order valence-electron chi connectivity index (χ4n) is 2.79. The molecule has 25 heavy (non-hydrogen) atoms. The molecule has 1 aliphatic carbocycles. The summed E-state index contributed by atoms with van der Waals surface area (Å²) in [6.45, 7) is 2.12. The fraction of sp³-hybridized carbons (Fsp3) is 0.300. The topological polar surface area (TPSA) is 82.3 Å². The number of carbonyl (C=O) groups is 1. The van der Waals surface area contributed by atoms with Gasteiger partial charge in [-0.3, -0.25) is 4.79 Å². The third kappa shape index (κ3) is 4.37. The van der Waals surface area contributed by atoms with Gasteiger partial charge >= 0.3 is 5.97 Å². The fourth-order valence-corrected chi connectivity index (χ4v) is 2.79. The summed E-state index contributed by atoms with van der Waals surface area (Å²) in [5.74, 6) is 0.337. The van der Waals surface area contributed by atoms with Gasteiger partial charge in [0.15, 0.2) is 0 Å². The Balaban J connectivity index is 1.51. The number of hydrogen-bond donors (Lipinski definition) is 2. The molecular formula is C20H20N2O3. The molecule has 1 saturated carbocycles. The summed E-state index contributed by atoms with van der Waals surface area (Å²) in [5, 5.41) is 20.8. The molecule has 0 amide bonds. The second-order valence-corrected chi connectivity index (χ2v) is 6.34. The maximum absolute atomic E-state index is 10.9. The van der Waals surface area contributed by atoms with E-state index < -0.39 is 12.0 Å². The lowest BCUT2D eigenvalue weighted by Gasteiger charge is -2.09. The normalized spacial score (nSPS) is 19.7. The Hall–Kier alpha value is -2.84. The maximum atomic E-state index is 10.9. The quantitative estimate of drug-likeness (QED) is 0.812. The number of ether oxygens (including phenoxy) is 1. The van der Waals surface area contributed by atoms with Gasteiger partial charge in [0.2, 0.25) is 0 Å². The molecule has 3 rings (SSSR count). The molecule has 3 atom stereocenters. The van der Waals surface area contributed by atoms with Crippen molar-refractivity contribution < 1.29 is 14.6 Å². The van der Waals surface area contributed by atoms with E-state index in [9.17, 15) is 4.79 Å². The minimum absolute atomic E-state index is 0.233. The predicted molar refractivity (Wildman–Crippen MR) is 93.3 cm³/mol. The largest absolute Gasteiger partial charge is 0.489 e. The van der Waals surface area contributed by atoms with Crippen LogP contribution in [0.2, 0.25) is 0 Å². The van der Waals surface area contributed by atoms with Crippen molar-refractivity contribution in [2.75, 3.05) is 0 Å². The molecule has 1 fully saturated rings. The van der Waals surface area contributed by atoms with E-state index in [-0.39, 0.29) is 6.04 Å². The van der Waals surface area contributed by atoms with Crippen molar-refractivity contribution in [1.82, 2.24) is 5.32 Å². The van der Waals surface area contributed by atoms with Gasteiger partial charge in [-0.1, -0.05) is 24.3 Å². The van der Waals surface area contributed by atoms with Crippen LogP contribution in [0, 0.1) is 11.3 Å². The molecule has 0 heterocycles. The van der Waals surface area contributed by atoms with Gasteiger partial charge in [0.05, 0.1) is 11.6 Å². The van der Waals surface area contributed by atoms with Crippen LogP contribution in [0.5, 0.6) is 5.75 Å². The summed E-state index contributed by atoms with van der Waals surface area (Å²) in [4.78, 5) is 10.9. The van der Waals surface area contributed by atoms with E-state index in [4.69, 9.17) is 15.1 Å². The van der Waals surface area contributed by atoms with Crippen molar-refractivity contribution in [3.8, 4) is 11.8 Å². The Morgan fingerprint density at radius 1 is 1.28 bits per heavy atom. The van der Waals surface area contributed by atoms with Gasteiger partial charge in [-0.25, -0.2) is 0 Å². The molecule has 5 heteroatoms. The van der Waals surface area contributed by atoms with E-state index in [0.717, 1.165) is 17.7 Å². The highest BCUT2D eigenvalue weighted by Crippen LogP contribution is 2.41. The lowest BCUT2D eigenvalue weighted by atomic mass is 10.1. The predicted octanol–water partition coefficient (Wildman–Crippen LogP) is 3.06. The summed E-state index contributed by atoms with van der Waals surface area (Å²) in [5.41, 5.74) is 2.84. The molecule has 0 saturated heterocycles. The molecule has 5 nitrogen and oxygen atoms in total. The van der Waals surface area contributed by atoms with Crippen molar-refractivity contribution in [1.29, 1.82) is 5.26 Å². The van der Waals surface area contributed by atoms with E-state index in [1.807, 2.05) is 36.4 Å². The van der Waals surface area contributed by atoms with Crippen molar-refractivity contribution in [3.63, 3.8) is 0 Å². The van der Waals surface area contributed by atoms with Crippen LogP contribution in [-0.4, -0.2) is 23.2 Å². The number of carboxylic acid groups (broad SMARTS) is 1. The first-order valence-electron chi connectivity index (χ1n) is 8.27. The molecule has 3 unspecified atom stereocenters. The monoisotopic (exact) mass is 336 g/mol. The summed E-state index contributed by atoms with van der Waals surface area (Å²) < 4.78 is 5.77. The number of carboxylic acids is 1. The van der Waals surface area contributed by atoms with E-state index in [1.54, 1.807) is 19.1 Å². The number of hydrogen-bond acceptors (Lipinski definition) is 4. The molecular weight excluding hydrogens is 316 g/mol. The standard InChI is InChI=1S/C20H20N2O3/c1-13(20(23)24)22-19-10-18(19)16-6-8-17(9-7-16)25-12-15-4-2-14(11-21)3-5-15/h2-9,13,18-19,22H,10,12H2,1H3,(H,23,24). The third-order valence-corrected chi connectivity index (χ3v) is 4.42. The Kier molecular flexibility index (Phi) is 5.01. The average molecular weight is 336 g/mol. The average Bonchev–Trinajstić information content (AvgIpc) is 3.40. The lowest BCUT2D eigenvalue weighted by molar-refractivity contribution is -0.139. The van der Waals surface area contributed by atoms with Gasteiger partial charge in [0.25, 0.3) is 0 Å². The Bertz CT molecular complexity index is 778. The summed E-state index contributed by atoms with van der Waals surface area (Å²) >= 11 is 0. The van der Waals surface area contributed by atoms with E-state index >= 15 is 0 Å². The molecule has 0 radical (unpaired) electrons. The zero-order valence-electron chi connectivity index (χ0n) is 14.0. The van der Waals surface area contributed by atoms with Gasteiger partial charge in [0.1, 0.15) is 18.4 Å². The van der Waals surface area contributed by atoms with Crippen LogP contribution in [0.4, 0.5) is 0 Å². The van der Waals surface area contributed by atoms with Gasteiger partial charge in [-0.2, -0.15) is 5.26 Å². The van der Waals surface area contributed by atoms with Crippen LogP contribution in [0.1, 0.15) is 36.0 Å². The number of aliphatic carboxylic acids is 1. The lowest BCUT2D eigenvalue weighted by Crippen LogP contribution is -2.35. The highest BCUT2D eigenvalue weighted by molar-refractivity contribution is 5.73. The Labute approximate surface area is 146 Å². The maximum Gasteiger partial charge on any atom is 0.320 e. The molecule has 0 spiro atoms. The summed E-state index contributed by atoms with van der Waals surface area (Å²) in [6.07, 6.45) is 0.961. The van der Waals surface area contributed by atoms with Crippen molar-refractivity contribution in [3.05, 3.63) is 65.2 Å². The molecule has 128 valence electrons. The van der Waals surface area contributed by atoms with Crippen LogP contribution in [-0.2, 0) is 11.4 Å². The number of nitrogens with zero attached hydrogens (tertiary/aromatic N) is 1. The Morgan fingerprint density at radius 2 is 1.96 bits per heavy atom. The molecule has 1 aliphatic rings. The summed E-state index contributed by atoms with van der Waals surface area (Å²) in [7, 11) is 0. The van der Waals surface area contributed by atoms with Crippen molar-refractivity contribution >= 4 is 5.97 Å². The third-order valence-electron chi connectivity index (χ3n) is 4.42. The molecule has 0 aromatic heterocycles. The minimum Gasteiger partial charge on any atom is -0.489 e. The first-order chi connectivity index (χ1) is 12.1. The zero-order valence-corrected chi connectivity index (χ0v) is 14.0. The number of nitriles is 1. The smallest absolute Gasteiger partial charge is 0.320 e. The van der Waals surface area contributed by atoms with Gasteiger partial charge in [-0.05, 0) is 48.7 Å². The molecule has 0 bridgehead atoms. The number of nitrogens with one attached hydrogen (secondary N) is 1. The van der Waals surface area contributed by atoms with E-state index in [2.05, 4.69) is 11.4 Å². The SMILES string of the molecule is CC(NC1CC1c1ccc(OCc2ccc(C#N)cc2)cc1)C(=O)O. The first kappa shape index (κ1) is 17.0. The second-order valence-electron chi connectivity index (χ2n) is 6.34. The number of rotatable bonds is 7. The Morgan fingerprint density at radius 3 is 2.56 bits per heavy atom. The summed E-state index contributed by atoms with van der Waals surface area (Å²) in [6, 6.07) is 17.1. The molecule has 2 N–H and O–H groups in total. The highest BCUT2D eigenvalue weighted by Gasteiger charge is 2.39. The van der Waals surface area contributed by atoms with Crippen molar-refractivity contribution in [2.45, 2.75) is 38.0 Å². The first-order valence-corrected chi connectivity index (χ1v) is 8.27. The van der Waals surface area contributed by atoms with Crippen LogP contribution in [0.15, 0.2) is 48.5 Å². The highest BCUT2D eigenvalue weighted by atomic mass is 16.5. The molecule has 0 aliphatic heterocycles. The second kappa shape index (κ2) is 7.37. The minimum atomic E-state index is -0.822. The zero-order chi connectivity index (χ0) is 17.8. The van der Waals surface area contributed by atoms with Crippen molar-refractivity contribution in [2.24, 2.45) is 0 Å². The number of benzene rings is 2. The van der Waals surface area contributed by atoms with Gasteiger partial charge in [0, 0.05) is 12.0 Å². The van der Waals surface area contributed by atoms with Gasteiger partial charge in [-0.15, -0.1) is 0 Å². The molecule has 2 aromatic carbocycles. The van der Waals surface area contributed by atoms with E-state index in [0.29, 0.717) is 18.1 Å². The van der Waals surface area contributed by atoms with Gasteiger partial charge < -0.3 is 15.2 Å². The van der Waals surface area contributed by atoms with Crippen LogP contribution >= 0.6 is 0 Å². The molecule has 2 aromatic rings. The van der Waals surface area contributed by atoms with E-state index in [1.165, 1.54) is 5.56 Å². The van der Waals surface area contributed by atoms with Crippen LogP contribution in [0.3, 0.4) is 0 Å². The van der Waals surface area contributed by atoms with Crippen LogP contribution in [0.25, 0.3) is 0 Å².